The first-order valence-corrected chi connectivity index (χ1v) is 5.01. The quantitative estimate of drug-likeness (QED) is 0.615. The molecule has 0 fully saturated rings. The summed E-state index contributed by atoms with van der Waals surface area (Å²) in [6, 6.07) is 3.89. The SMILES string of the molecule is C=CCNC(=O)C(=O)Nc1ccc(F)cc1C. The number of benzene rings is 1. The smallest absolute Gasteiger partial charge is 0.313 e. The molecule has 0 saturated heterocycles. The van der Waals surface area contributed by atoms with E-state index in [1.165, 1.54) is 24.3 Å². The van der Waals surface area contributed by atoms with Gasteiger partial charge in [0.05, 0.1) is 0 Å². The Morgan fingerprint density at radius 1 is 1.41 bits per heavy atom. The van der Waals surface area contributed by atoms with Gasteiger partial charge >= 0.3 is 11.8 Å². The summed E-state index contributed by atoms with van der Waals surface area (Å²) in [5.74, 6) is -1.94. The van der Waals surface area contributed by atoms with Gasteiger partial charge < -0.3 is 10.6 Å². The van der Waals surface area contributed by atoms with E-state index in [-0.39, 0.29) is 6.54 Å². The second kappa shape index (κ2) is 5.79. The van der Waals surface area contributed by atoms with Crippen molar-refractivity contribution in [2.45, 2.75) is 6.92 Å². The van der Waals surface area contributed by atoms with Crippen LogP contribution in [0.15, 0.2) is 30.9 Å². The number of anilines is 1. The van der Waals surface area contributed by atoms with Crippen LogP contribution in [-0.2, 0) is 9.59 Å². The van der Waals surface area contributed by atoms with Crippen LogP contribution in [0.4, 0.5) is 10.1 Å². The molecule has 0 spiro atoms. The van der Waals surface area contributed by atoms with Crippen LogP contribution in [0, 0.1) is 12.7 Å². The minimum Gasteiger partial charge on any atom is -0.344 e. The first kappa shape index (κ1) is 12.9. The molecular formula is C12H13FN2O2. The summed E-state index contributed by atoms with van der Waals surface area (Å²) >= 11 is 0. The Labute approximate surface area is 98.5 Å². The van der Waals surface area contributed by atoms with Gasteiger partial charge in [0.25, 0.3) is 0 Å². The van der Waals surface area contributed by atoms with Crippen molar-refractivity contribution >= 4 is 17.5 Å². The summed E-state index contributed by atoms with van der Waals surface area (Å²) in [6.45, 7) is 5.27. The molecule has 0 aliphatic rings. The molecular weight excluding hydrogens is 223 g/mol. The summed E-state index contributed by atoms with van der Waals surface area (Å²) in [7, 11) is 0. The van der Waals surface area contributed by atoms with E-state index in [4.69, 9.17) is 0 Å². The predicted molar refractivity (Wildman–Crippen MR) is 63.0 cm³/mol. The molecule has 0 bridgehead atoms. The largest absolute Gasteiger partial charge is 0.344 e. The lowest BCUT2D eigenvalue weighted by molar-refractivity contribution is -0.136. The Kier molecular flexibility index (Phi) is 4.39. The van der Waals surface area contributed by atoms with Gasteiger partial charge in [0, 0.05) is 12.2 Å². The summed E-state index contributed by atoms with van der Waals surface area (Å²) in [5.41, 5.74) is 0.958. The zero-order chi connectivity index (χ0) is 12.8. The molecule has 1 aromatic carbocycles. The van der Waals surface area contributed by atoms with Crippen LogP contribution >= 0.6 is 0 Å². The van der Waals surface area contributed by atoms with Gasteiger partial charge in [-0.05, 0) is 30.7 Å². The fraction of sp³-hybridized carbons (Fsp3) is 0.167. The predicted octanol–water partition coefficient (Wildman–Crippen LogP) is 1.37. The van der Waals surface area contributed by atoms with Crippen LogP contribution in [0.25, 0.3) is 0 Å². The van der Waals surface area contributed by atoms with Crippen molar-refractivity contribution in [1.82, 2.24) is 5.32 Å². The Morgan fingerprint density at radius 3 is 2.71 bits per heavy atom. The first-order chi connectivity index (χ1) is 8.04. The van der Waals surface area contributed by atoms with E-state index in [2.05, 4.69) is 17.2 Å². The molecule has 0 unspecified atom stereocenters. The van der Waals surface area contributed by atoms with E-state index in [9.17, 15) is 14.0 Å². The third-order valence-electron chi connectivity index (χ3n) is 2.05. The van der Waals surface area contributed by atoms with Gasteiger partial charge in [0.15, 0.2) is 0 Å². The Morgan fingerprint density at radius 2 is 2.12 bits per heavy atom. The zero-order valence-corrected chi connectivity index (χ0v) is 9.42. The van der Waals surface area contributed by atoms with E-state index in [1.54, 1.807) is 6.92 Å². The third-order valence-corrected chi connectivity index (χ3v) is 2.05. The third kappa shape index (κ3) is 3.71. The molecule has 0 radical (unpaired) electrons. The molecule has 0 aliphatic carbocycles. The van der Waals surface area contributed by atoms with Crippen LogP contribution in [0.5, 0.6) is 0 Å². The van der Waals surface area contributed by atoms with E-state index >= 15 is 0 Å². The van der Waals surface area contributed by atoms with Gasteiger partial charge in [0.1, 0.15) is 5.82 Å². The molecule has 90 valence electrons. The highest BCUT2D eigenvalue weighted by molar-refractivity contribution is 6.39. The summed E-state index contributed by atoms with van der Waals surface area (Å²) < 4.78 is 12.8. The molecule has 17 heavy (non-hydrogen) atoms. The van der Waals surface area contributed by atoms with Crippen molar-refractivity contribution in [1.29, 1.82) is 0 Å². The molecule has 0 atom stereocenters. The molecule has 1 rings (SSSR count). The van der Waals surface area contributed by atoms with Crippen molar-refractivity contribution in [3.8, 4) is 0 Å². The second-order valence-corrected chi connectivity index (χ2v) is 3.41. The van der Waals surface area contributed by atoms with E-state index < -0.39 is 17.6 Å². The number of nitrogens with one attached hydrogen (secondary N) is 2. The Balaban J connectivity index is 2.67. The van der Waals surface area contributed by atoms with Gasteiger partial charge in [0.2, 0.25) is 0 Å². The minimum absolute atomic E-state index is 0.217. The maximum Gasteiger partial charge on any atom is 0.313 e. The number of amides is 2. The van der Waals surface area contributed by atoms with E-state index in [1.807, 2.05) is 0 Å². The monoisotopic (exact) mass is 236 g/mol. The van der Waals surface area contributed by atoms with Crippen molar-refractivity contribution < 1.29 is 14.0 Å². The van der Waals surface area contributed by atoms with Crippen molar-refractivity contribution in [2.24, 2.45) is 0 Å². The van der Waals surface area contributed by atoms with Crippen molar-refractivity contribution in [3.05, 3.63) is 42.2 Å². The second-order valence-electron chi connectivity index (χ2n) is 3.41. The summed E-state index contributed by atoms with van der Waals surface area (Å²) in [4.78, 5) is 22.6. The lowest BCUT2D eigenvalue weighted by Crippen LogP contribution is -2.35. The lowest BCUT2D eigenvalue weighted by atomic mass is 10.2. The molecule has 1 aromatic rings. The summed E-state index contributed by atoms with van der Waals surface area (Å²) in [6.07, 6.45) is 1.47. The average molecular weight is 236 g/mol. The number of halogens is 1. The van der Waals surface area contributed by atoms with Gasteiger partial charge in [-0.25, -0.2) is 4.39 Å². The first-order valence-electron chi connectivity index (χ1n) is 5.01. The van der Waals surface area contributed by atoms with Gasteiger partial charge in [-0.15, -0.1) is 6.58 Å². The van der Waals surface area contributed by atoms with Crippen LogP contribution in [-0.4, -0.2) is 18.4 Å². The molecule has 2 N–H and O–H groups in total. The lowest BCUT2D eigenvalue weighted by Gasteiger charge is -2.07. The fourth-order valence-corrected chi connectivity index (χ4v) is 1.19. The molecule has 4 nitrogen and oxygen atoms in total. The van der Waals surface area contributed by atoms with Crippen molar-refractivity contribution in [3.63, 3.8) is 0 Å². The molecule has 5 heteroatoms. The van der Waals surface area contributed by atoms with Gasteiger partial charge in [-0.3, -0.25) is 9.59 Å². The number of hydrogen-bond acceptors (Lipinski definition) is 2. The highest BCUT2D eigenvalue weighted by atomic mass is 19.1. The minimum atomic E-state index is -0.790. The highest BCUT2D eigenvalue weighted by Crippen LogP contribution is 2.15. The molecule has 0 saturated carbocycles. The number of aryl methyl sites for hydroxylation is 1. The average Bonchev–Trinajstić information content (AvgIpc) is 2.29. The number of rotatable bonds is 3. The standard InChI is InChI=1S/C12H13FN2O2/c1-3-6-14-11(16)12(17)15-10-5-4-9(13)7-8(10)2/h3-5,7H,1,6H2,2H3,(H,14,16)(H,15,17). The molecule has 0 aromatic heterocycles. The van der Waals surface area contributed by atoms with E-state index in [0.29, 0.717) is 11.3 Å². The summed E-state index contributed by atoms with van der Waals surface area (Å²) in [5, 5.41) is 4.73. The van der Waals surface area contributed by atoms with E-state index in [0.717, 1.165) is 0 Å². The number of carbonyl (C=O) groups is 2. The highest BCUT2D eigenvalue weighted by Gasteiger charge is 2.13. The van der Waals surface area contributed by atoms with Crippen LogP contribution in [0.2, 0.25) is 0 Å². The van der Waals surface area contributed by atoms with Crippen LogP contribution in [0.3, 0.4) is 0 Å². The number of carbonyl (C=O) groups excluding carboxylic acids is 2. The maximum atomic E-state index is 12.8. The maximum absolute atomic E-state index is 12.8. The topological polar surface area (TPSA) is 58.2 Å². The fourth-order valence-electron chi connectivity index (χ4n) is 1.19. The molecule has 2 amide bonds. The Bertz CT molecular complexity index is 458. The van der Waals surface area contributed by atoms with Crippen molar-refractivity contribution in [2.75, 3.05) is 11.9 Å². The molecule has 0 heterocycles. The van der Waals surface area contributed by atoms with Gasteiger partial charge in [-0.1, -0.05) is 6.08 Å². The normalized spacial score (nSPS) is 9.53. The number of hydrogen-bond donors (Lipinski definition) is 2. The Hall–Kier alpha value is -2.17. The van der Waals surface area contributed by atoms with Crippen LogP contribution in [0.1, 0.15) is 5.56 Å². The van der Waals surface area contributed by atoms with Gasteiger partial charge in [-0.2, -0.15) is 0 Å². The molecule has 0 aliphatic heterocycles. The zero-order valence-electron chi connectivity index (χ0n) is 9.42. The van der Waals surface area contributed by atoms with Crippen LogP contribution < -0.4 is 10.6 Å².